The molecule has 4 heterocycles. The molecule has 1 amide bonds. The highest BCUT2D eigenvalue weighted by Gasteiger charge is 2.29. The maximum absolute atomic E-state index is 12.5. The van der Waals surface area contributed by atoms with E-state index in [0.29, 0.717) is 43.7 Å². The molecule has 11 heteroatoms. The molecule has 3 aromatic rings. The largest absolute Gasteiger partial charge is 0.482 e. The Hall–Kier alpha value is -4.12. The van der Waals surface area contributed by atoms with Crippen LogP contribution in [-0.2, 0) is 9.53 Å². The lowest BCUT2D eigenvalue weighted by atomic mass is 10.2. The van der Waals surface area contributed by atoms with Gasteiger partial charge in [0.15, 0.2) is 24.5 Å². The van der Waals surface area contributed by atoms with Gasteiger partial charge < -0.3 is 30.3 Å². The van der Waals surface area contributed by atoms with Gasteiger partial charge in [0.05, 0.1) is 19.4 Å². The lowest BCUT2D eigenvalue weighted by molar-refractivity contribution is -0.118. The summed E-state index contributed by atoms with van der Waals surface area (Å²) in [4.78, 5) is 27.8. The Morgan fingerprint density at radius 3 is 2.88 bits per heavy atom. The number of hydrogen-bond acceptors (Lipinski definition) is 10. The molecule has 1 atom stereocenters. The van der Waals surface area contributed by atoms with E-state index in [1.807, 2.05) is 25.1 Å². The predicted molar refractivity (Wildman–Crippen MR) is 129 cm³/mol. The van der Waals surface area contributed by atoms with E-state index in [0.717, 1.165) is 16.9 Å². The third kappa shape index (κ3) is 5.09. The van der Waals surface area contributed by atoms with E-state index in [1.54, 1.807) is 24.5 Å². The fourth-order valence-corrected chi connectivity index (χ4v) is 3.78. The number of ether oxygens (including phenoxy) is 2. The molecule has 176 valence electrons. The van der Waals surface area contributed by atoms with Gasteiger partial charge in [-0.25, -0.2) is 0 Å². The van der Waals surface area contributed by atoms with Crippen molar-refractivity contribution in [3.05, 3.63) is 54.4 Å². The second-order valence-electron chi connectivity index (χ2n) is 7.95. The topological polar surface area (TPSA) is 126 Å². The van der Waals surface area contributed by atoms with Gasteiger partial charge >= 0.3 is 0 Å². The number of carbonyl (C=O) groups excluding carboxylic acids is 1. The summed E-state index contributed by atoms with van der Waals surface area (Å²) in [5.74, 6) is 1.66. The predicted octanol–water partition coefficient (Wildman–Crippen LogP) is 2.27. The monoisotopic (exact) mass is 462 g/mol. The zero-order valence-corrected chi connectivity index (χ0v) is 18.7. The highest BCUT2D eigenvalue weighted by molar-refractivity contribution is 5.92. The van der Waals surface area contributed by atoms with Gasteiger partial charge in [0.25, 0.3) is 5.91 Å². The van der Waals surface area contributed by atoms with E-state index in [1.165, 1.54) is 0 Å². The van der Waals surface area contributed by atoms with Gasteiger partial charge in [-0.15, -0.1) is 0 Å². The summed E-state index contributed by atoms with van der Waals surface area (Å²) in [7, 11) is 0. The highest BCUT2D eigenvalue weighted by Crippen LogP contribution is 2.37. The summed E-state index contributed by atoms with van der Waals surface area (Å²) in [6, 6.07) is 11.6. The lowest BCUT2D eigenvalue weighted by Crippen LogP contribution is -2.37. The number of nitrogens with zero attached hydrogens (tertiary/aromatic N) is 4. The van der Waals surface area contributed by atoms with Crippen molar-refractivity contribution >= 4 is 34.9 Å². The average molecular weight is 463 g/mol. The molecule has 1 fully saturated rings. The van der Waals surface area contributed by atoms with E-state index in [2.05, 4.69) is 47.2 Å². The first-order chi connectivity index (χ1) is 16.6. The molecule has 5 rings (SSSR count). The molecule has 0 aliphatic carbocycles. The fraction of sp³-hybridized carbons (Fsp3) is 0.304. The van der Waals surface area contributed by atoms with Crippen LogP contribution >= 0.6 is 0 Å². The second-order valence-corrected chi connectivity index (χ2v) is 7.95. The molecular weight excluding hydrogens is 436 g/mol. The lowest BCUT2D eigenvalue weighted by Gasteiger charge is -2.29. The molecule has 0 bridgehead atoms. The summed E-state index contributed by atoms with van der Waals surface area (Å²) in [5, 5.41) is 12.9. The van der Waals surface area contributed by atoms with Gasteiger partial charge in [0, 0.05) is 25.0 Å². The minimum Gasteiger partial charge on any atom is -0.482 e. The normalized spacial score (nSPS) is 16.7. The van der Waals surface area contributed by atoms with Crippen LogP contribution in [0.3, 0.4) is 0 Å². The molecule has 0 saturated carbocycles. The molecule has 1 aromatic carbocycles. The van der Waals surface area contributed by atoms with Crippen molar-refractivity contribution in [1.29, 1.82) is 0 Å². The molecule has 2 aromatic heterocycles. The van der Waals surface area contributed by atoms with Crippen molar-refractivity contribution in [2.45, 2.75) is 13.2 Å². The van der Waals surface area contributed by atoms with Gasteiger partial charge in [-0.2, -0.15) is 9.97 Å². The van der Waals surface area contributed by atoms with E-state index in [-0.39, 0.29) is 24.8 Å². The highest BCUT2D eigenvalue weighted by atomic mass is 16.5. The molecule has 1 unspecified atom stereocenters. The summed E-state index contributed by atoms with van der Waals surface area (Å²) in [6.07, 6.45) is 2.90. The van der Waals surface area contributed by atoms with Crippen molar-refractivity contribution in [1.82, 2.24) is 15.0 Å². The first kappa shape index (κ1) is 21.7. The Bertz CT molecular complexity index is 1150. The van der Waals surface area contributed by atoms with Crippen LogP contribution in [0.1, 0.15) is 5.56 Å². The van der Waals surface area contributed by atoms with E-state index >= 15 is 0 Å². The number of aryl methyl sites for hydroxylation is 1. The van der Waals surface area contributed by atoms with Crippen LogP contribution in [0, 0.1) is 6.92 Å². The molecule has 34 heavy (non-hydrogen) atoms. The van der Waals surface area contributed by atoms with Gasteiger partial charge in [-0.3, -0.25) is 15.1 Å². The number of nitrogens with one attached hydrogen (secondary N) is 4. The molecule has 1 saturated heterocycles. The number of amides is 1. The van der Waals surface area contributed by atoms with Crippen molar-refractivity contribution in [2.75, 3.05) is 59.1 Å². The summed E-state index contributed by atoms with van der Waals surface area (Å²) >= 11 is 0. The number of rotatable bonds is 7. The molecule has 0 spiro atoms. The van der Waals surface area contributed by atoms with Gasteiger partial charge in [0.1, 0.15) is 11.4 Å². The van der Waals surface area contributed by atoms with Crippen molar-refractivity contribution < 1.29 is 14.3 Å². The first-order valence-corrected chi connectivity index (χ1v) is 11.1. The maximum atomic E-state index is 12.5. The van der Waals surface area contributed by atoms with Crippen LogP contribution in [0.5, 0.6) is 5.75 Å². The zero-order valence-electron chi connectivity index (χ0n) is 18.7. The van der Waals surface area contributed by atoms with Gasteiger partial charge in [0.2, 0.25) is 5.95 Å². The Labute approximate surface area is 196 Å². The smallest absolute Gasteiger partial charge is 0.264 e. The number of anilines is 5. The molecule has 2 aliphatic rings. The standard InChI is InChI=1S/C23H26N8O3/c1-15-4-2-5-16(12-15)25-22-27-19-20(28-22)29-23(30-21(19)31-8-10-33-11-9-31)26-18(32)14-34-17-6-3-7-24-13-17/h2-7,12-13,22,25,27H,8-11,14H2,1H3,(H2,26,28,29,30,32). The number of hydrogen-bond donors (Lipinski definition) is 4. The quantitative estimate of drug-likeness (QED) is 0.415. The van der Waals surface area contributed by atoms with E-state index < -0.39 is 0 Å². The van der Waals surface area contributed by atoms with Crippen LogP contribution in [0.4, 0.5) is 29.0 Å². The van der Waals surface area contributed by atoms with Gasteiger partial charge in [-0.1, -0.05) is 12.1 Å². The minimum atomic E-state index is -0.364. The number of carbonyl (C=O) groups is 1. The molecule has 0 radical (unpaired) electrons. The second kappa shape index (κ2) is 9.79. The number of fused-ring (bicyclic) bond motifs is 1. The van der Waals surface area contributed by atoms with Crippen LogP contribution in [0.2, 0.25) is 0 Å². The number of aromatic nitrogens is 3. The van der Waals surface area contributed by atoms with Crippen LogP contribution in [0.25, 0.3) is 0 Å². The summed E-state index contributed by atoms with van der Waals surface area (Å²) < 4.78 is 11.0. The average Bonchev–Trinajstić information content (AvgIpc) is 3.25. The fourth-order valence-electron chi connectivity index (χ4n) is 3.78. The number of benzene rings is 1. The molecular formula is C23H26N8O3. The minimum absolute atomic E-state index is 0.178. The van der Waals surface area contributed by atoms with Crippen LogP contribution < -0.4 is 30.9 Å². The van der Waals surface area contributed by atoms with Crippen molar-refractivity contribution in [2.24, 2.45) is 0 Å². The maximum Gasteiger partial charge on any atom is 0.264 e. The van der Waals surface area contributed by atoms with Crippen LogP contribution in [-0.4, -0.2) is 60.1 Å². The van der Waals surface area contributed by atoms with Crippen molar-refractivity contribution in [3.8, 4) is 5.75 Å². The Morgan fingerprint density at radius 1 is 1.21 bits per heavy atom. The third-order valence-electron chi connectivity index (χ3n) is 5.35. The molecule has 4 N–H and O–H groups in total. The summed E-state index contributed by atoms with van der Waals surface area (Å²) in [6.45, 7) is 4.47. The SMILES string of the molecule is Cc1cccc(NC2Nc3nc(NC(=O)COc4cccnc4)nc(N4CCOCC4)c3N2)c1. The van der Waals surface area contributed by atoms with E-state index in [9.17, 15) is 4.79 Å². The third-order valence-corrected chi connectivity index (χ3v) is 5.35. The Kier molecular flexibility index (Phi) is 6.25. The van der Waals surface area contributed by atoms with Crippen molar-refractivity contribution in [3.63, 3.8) is 0 Å². The van der Waals surface area contributed by atoms with E-state index in [4.69, 9.17) is 9.47 Å². The number of morpholine rings is 1. The Balaban J connectivity index is 1.33. The first-order valence-electron chi connectivity index (χ1n) is 11.1. The number of pyridine rings is 1. The van der Waals surface area contributed by atoms with Crippen LogP contribution in [0.15, 0.2) is 48.8 Å². The zero-order chi connectivity index (χ0) is 23.3. The van der Waals surface area contributed by atoms with Gasteiger partial charge in [-0.05, 0) is 36.8 Å². The summed E-state index contributed by atoms with van der Waals surface area (Å²) in [5.41, 5.74) is 2.91. The molecule has 11 nitrogen and oxygen atoms in total. The Morgan fingerprint density at radius 2 is 2.09 bits per heavy atom. The molecule has 2 aliphatic heterocycles.